The molecule has 0 saturated heterocycles. The van der Waals surface area contributed by atoms with E-state index in [1.54, 1.807) is 6.92 Å². The first-order valence-corrected chi connectivity index (χ1v) is 4.17. The van der Waals surface area contributed by atoms with Crippen molar-refractivity contribution in [2.24, 2.45) is 5.92 Å². The van der Waals surface area contributed by atoms with E-state index in [0.29, 0.717) is 5.92 Å². The van der Waals surface area contributed by atoms with Crippen molar-refractivity contribution >= 4 is 0 Å². The molecule has 0 aliphatic heterocycles. The van der Waals surface area contributed by atoms with Crippen LogP contribution < -0.4 is 0 Å². The fourth-order valence-electron chi connectivity index (χ4n) is 1.27. The van der Waals surface area contributed by atoms with Crippen LogP contribution in [0.5, 0.6) is 0 Å². The number of hydrogen-bond donors (Lipinski definition) is 0. The molecule has 0 aromatic heterocycles. The molecule has 0 aromatic rings. The van der Waals surface area contributed by atoms with Gasteiger partial charge in [0, 0.05) is 0 Å². The molecule has 1 aliphatic rings. The van der Waals surface area contributed by atoms with Crippen LogP contribution in [0.15, 0.2) is 0 Å². The Balaban J connectivity index is 2.13. The minimum atomic E-state index is -4.18. The molecule has 0 amide bonds. The van der Waals surface area contributed by atoms with Crippen molar-refractivity contribution in [3.8, 4) is 0 Å². The zero-order chi connectivity index (χ0) is 9.19. The van der Waals surface area contributed by atoms with Gasteiger partial charge in [-0.05, 0) is 25.7 Å². The van der Waals surface area contributed by atoms with Crippen LogP contribution in [0.3, 0.4) is 0 Å². The molecule has 1 rings (SSSR count). The van der Waals surface area contributed by atoms with Gasteiger partial charge >= 0.3 is 6.18 Å². The van der Waals surface area contributed by atoms with Crippen molar-refractivity contribution in [2.75, 3.05) is 6.61 Å². The van der Waals surface area contributed by atoms with Gasteiger partial charge in [0.2, 0.25) is 0 Å². The van der Waals surface area contributed by atoms with Crippen LogP contribution in [0, 0.1) is 5.92 Å². The van der Waals surface area contributed by atoms with Crippen LogP contribution in [0.2, 0.25) is 0 Å². The molecule has 1 unspecified atom stereocenters. The van der Waals surface area contributed by atoms with Crippen molar-refractivity contribution in [1.82, 2.24) is 0 Å². The predicted molar refractivity (Wildman–Crippen MR) is 38.8 cm³/mol. The van der Waals surface area contributed by atoms with E-state index in [-0.39, 0.29) is 6.10 Å². The molecule has 12 heavy (non-hydrogen) atoms. The van der Waals surface area contributed by atoms with Gasteiger partial charge in [0.15, 0.2) is 0 Å². The third kappa shape index (κ3) is 3.01. The first kappa shape index (κ1) is 9.84. The molecule has 0 bridgehead atoms. The molecule has 1 saturated carbocycles. The highest BCUT2D eigenvalue weighted by molar-refractivity contribution is 4.75. The van der Waals surface area contributed by atoms with E-state index in [1.807, 2.05) is 0 Å². The third-order valence-electron chi connectivity index (χ3n) is 2.32. The van der Waals surface area contributed by atoms with Gasteiger partial charge in [0.1, 0.15) is 6.61 Å². The molecule has 4 heteroatoms. The summed E-state index contributed by atoms with van der Waals surface area (Å²) in [6.45, 7) is 0.611. The Kier molecular flexibility index (Phi) is 2.99. The predicted octanol–water partition coefficient (Wildman–Crippen LogP) is 2.75. The summed E-state index contributed by atoms with van der Waals surface area (Å²) in [7, 11) is 0. The Bertz CT molecular complexity index is 140. The first-order valence-electron chi connectivity index (χ1n) is 4.17. The van der Waals surface area contributed by atoms with Gasteiger partial charge in [-0.25, -0.2) is 0 Å². The van der Waals surface area contributed by atoms with Crippen LogP contribution in [-0.4, -0.2) is 18.9 Å². The molecule has 0 heterocycles. The summed E-state index contributed by atoms with van der Waals surface area (Å²) >= 11 is 0. The normalized spacial score (nSPS) is 22.0. The van der Waals surface area contributed by atoms with E-state index in [1.165, 1.54) is 0 Å². The second-order valence-electron chi connectivity index (χ2n) is 3.32. The summed E-state index contributed by atoms with van der Waals surface area (Å²) in [5, 5.41) is 0. The number of alkyl halides is 3. The largest absolute Gasteiger partial charge is 0.411 e. The van der Waals surface area contributed by atoms with Crippen molar-refractivity contribution in [3.05, 3.63) is 0 Å². The smallest absolute Gasteiger partial charge is 0.369 e. The van der Waals surface area contributed by atoms with Gasteiger partial charge in [0.05, 0.1) is 6.10 Å². The maximum Gasteiger partial charge on any atom is 0.411 e. The SMILES string of the molecule is CC(OCC(F)(F)F)C1CCC1. The maximum atomic E-state index is 11.7. The third-order valence-corrected chi connectivity index (χ3v) is 2.32. The summed E-state index contributed by atoms with van der Waals surface area (Å²) in [5.74, 6) is 0.354. The average molecular weight is 182 g/mol. The summed E-state index contributed by atoms with van der Waals surface area (Å²) < 4.78 is 39.7. The van der Waals surface area contributed by atoms with E-state index < -0.39 is 12.8 Å². The minimum absolute atomic E-state index is 0.236. The molecule has 1 fully saturated rings. The molecule has 72 valence electrons. The van der Waals surface area contributed by atoms with Crippen molar-refractivity contribution in [1.29, 1.82) is 0 Å². The fraction of sp³-hybridized carbons (Fsp3) is 1.00. The first-order chi connectivity index (χ1) is 5.49. The summed E-state index contributed by atoms with van der Waals surface area (Å²) in [4.78, 5) is 0. The molecule has 1 nitrogen and oxygen atoms in total. The standard InChI is InChI=1S/C8H13F3O/c1-6(7-3-2-4-7)12-5-8(9,10)11/h6-7H,2-5H2,1H3. The van der Waals surface area contributed by atoms with Gasteiger partial charge in [0.25, 0.3) is 0 Å². The van der Waals surface area contributed by atoms with Gasteiger partial charge in [-0.1, -0.05) is 6.42 Å². The van der Waals surface area contributed by atoms with Crippen LogP contribution >= 0.6 is 0 Å². The molecular formula is C8H13F3O. The Labute approximate surface area is 69.9 Å². The van der Waals surface area contributed by atoms with E-state index in [4.69, 9.17) is 0 Å². The molecule has 0 radical (unpaired) electrons. The topological polar surface area (TPSA) is 9.23 Å². The summed E-state index contributed by atoms with van der Waals surface area (Å²) in [5.41, 5.74) is 0. The summed E-state index contributed by atoms with van der Waals surface area (Å²) in [6, 6.07) is 0. The monoisotopic (exact) mass is 182 g/mol. The van der Waals surface area contributed by atoms with Gasteiger partial charge in [-0.2, -0.15) is 13.2 Å². The van der Waals surface area contributed by atoms with Crippen LogP contribution in [0.4, 0.5) is 13.2 Å². The lowest BCUT2D eigenvalue weighted by atomic mass is 9.82. The van der Waals surface area contributed by atoms with Gasteiger partial charge < -0.3 is 4.74 Å². The highest BCUT2D eigenvalue weighted by Gasteiger charge is 2.31. The fourth-order valence-corrected chi connectivity index (χ4v) is 1.27. The second-order valence-corrected chi connectivity index (χ2v) is 3.32. The van der Waals surface area contributed by atoms with E-state index in [2.05, 4.69) is 4.74 Å². The van der Waals surface area contributed by atoms with Gasteiger partial charge in [-0.15, -0.1) is 0 Å². The Morgan fingerprint density at radius 1 is 1.42 bits per heavy atom. The molecule has 0 spiro atoms. The van der Waals surface area contributed by atoms with Crippen LogP contribution in [0.1, 0.15) is 26.2 Å². The lowest BCUT2D eigenvalue weighted by molar-refractivity contribution is -0.191. The Morgan fingerprint density at radius 3 is 2.33 bits per heavy atom. The van der Waals surface area contributed by atoms with Crippen molar-refractivity contribution in [2.45, 2.75) is 38.5 Å². The zero-order valence-corrected chi connectivity index (χ0v) is 7.03. The number of halogens is 3. The molecular weight excluding hydrogens is 169 g/mol. The Morgan fingerprint density at radius 2 is 2.00 bits per heavy atom. The highest BCUT2D eigenvalue weighted by Crippen LogP contribution is 2.31. The Hall–Kier alpha value is -0.250. The van der Waals surface area contributed by atoms with Crippen molar-refractivity contribution in [3.63, 3.8) is 0 Å². The zero-order valence-electron chi connectivity index (χ0n) is 7.03. The van der Waals surface area contributed by atoms with E-state index in [0.717, 1.165) is 19.3 Å². The van der Waals surface area contributed by atoms with Crippen molar-refractivity contribution < 1.29 is 17.9 Å². The van der Waals surface area contributed by atoms with Crippen LogP contribution in [-0.2, 0) is 4.74 Å². The molecule has 1 atom stereocenters. The number of hydrogen-bond acceptors (Lipinski definition) is 1. The lowest BCUT2D eigenvalue weighted by Gasteiger charge is -2.31. The number of rotatable bonds is 3. The molecule has 0 aromatic carbocycles. The quantitative estimate of drug-likeness (QED) is 0.652. The minimum Gasteiger partial charge on any atom is -0.369 e. The molecule has 1 aliphatic carbocycles. The maximum absolute atomic E-state index is 11.7. The van der Waals surface area contributed by atoms with Gasteiger partial charge in [-0.3, -0.25) is 0 Å². The van der Waals surface area contributed by atoms with E-state index in [9.17, 15) is 13.2 Å². The second kappa shape index (κ2) is 3.64. The highest BCUT2D eigenvalue weighted by atomic mass is 19.4. The number of ether oxygens (including phenoxy) is 1. The average Bonchev–Trinajstić information content (AvgIpc) is 1.78. The summed E-state index contributed by atoms with van der Waals surface area (Å²) in [6.07, 6.45) is -1.26. The lowest BCUT2D eigenvalue weighted by Crippen LogP contribution is -2.30. The molecule has 0 N–H and O–H groups in total. The van der Waals surface area contributed by atoms with E-state index >= 15 is 0 Å². The van der Waals surface area contributed by atoms with Crippen LogP contribution in [0.25, 0.3) is 0 Å².